The zero-order chi connectivity index (χ0) is 24.0. The van der Waals surface area contributed by atoms with Gasteiger partial charge in [0.05, 0.1) is 44.0 Å². The molecule has 2 aromatic heterocycles. The predicted octanol–water partition coefficient (Wildman–Crippen LogP) is 4.14. The van der Waals surface area contributed by atoms with Gasteiger partial charge in [0.1, 0.15) is 5.69 Å². The van der Waals surface area contributed by atoms with Crippen molar-refractivity contribution in [1.82, 2.24) is 19.6 Å². The minimum Gasteiger partial charge on any atom is -0.491 e. The number of halogens is 3. The highest BCUT2D eigenvalue weighted by atomic mass is 19.3. The summed E-state index contributed by atoms with van der Waals surface area (Å²) in [6.45, 7) is 1.18. The molecule has 3 heterocycles. The van der Waals surface area contributed by atoms with Crippen LogP contribution in [-0.4, -0.2) is 45.7 Å². The molecule has 0 amide bonds. The zero-order valence-corrected chi connectivity index (χ0v) is 18.6. The number of hydrogen-bond donors (Lipinski definition) is 0. The van der Waals surface area contributed by atoms with Crippen molar-refractivity contribution in [2.75, 3.05) is 25.1 Å². The van der Waals surface area contributed by atoms with Gasteiger partial charge in [-0.2, -0.15) is 10.2 Å². The van der Waals surface area contributed by atoms with E-state index >= 15 is 4.39 Å². The topological polar surface area (TPSA) is 65.2 Å². The highest BCUT2D eigenvalue weighted by molar-refractivity contribution is 5.67. The van der Waals surface area contributed by atoms with E-state index in [4.69, 9.17) is 4.74 Å². The summed E-state index contributed by atoms with van der Waals surface area (Å²) in [5.41, 5.74) is 1.21. The number of allylic oxidation sites excluding steroid dienone is 4. The van der Waals surface area contributed by atoms with Crippen molar-refractivity contribution in [2.45, 2.75) is 19.3 Å². The molecule has 3 aromatic rings. The number of nitrogens with zero attached hydrogens (tertiary/aromatic N) is 5. The van der Waals surface area contributed by atoms with E-state index in [2.05, 4.69) is 17.1 Å². The smallest absolute Gasteiger partial charge is 0.282 e. The maximum Gasteiger partial charge on any atom is 0.282 e. The summed E-state index contributed by atoms with van der Waals surface area (Å²) in [6, 6.07) is 5.82. The summed E-state index contributed by atoms with van der Waals surface area (Å²) < 4.78 is 49.5. The summed E-state index contributed by atoms with van der Waals surface area (Å²) >= 11 is 0. The first-order valence-corrected chi connectivity index (χ1v) is 10.8. The van der Waals surface area contributed by atoms with E-state index in [0.717, 1.165) is 12.1 Å². The molecule has 10 heteroatoms. The van der Waals surface area contributed by atoms with Gasteiger partial charge in [-0.25, -0.2) is 22.5 Å². The van der Waals surface area contributed by atoms with E-state index in [0.29, 0.717) is 17.3 Å². The number of hydrogen-bond acceptors (Lipinski definition) is 5. The molecule has 1 aromatic carbocycles. The largest absolute Gasteiger partial charge is 0.491 e. The molecule has 5 rings (SSSR count). The summed E-state index contributed by atoms with van der Waals surface area (Å²) in [4.78, 5) is 14.5. The maximum atomic E-state index is 15.0. The molecule has 0 spiro atoms. The molecule has 7 nitrogen and oxygen atoms in total. The molecular formula is C24H22F3N5O2. The fraction of sp³-hybridized carbons (Fsp3) is 0.292. The molecule has 0 N–H and O–H groups in total. The fourth-order valence-corrected chi connectivity index (χ4v) is 4.13. The lowest BCUT2D eigenvalue weighted by Gasteiger charge is -2.40. The average Bonchev–Trinajstić information content (AvgIpc) is 3.27. The quantitative estimate of drug-likeness (QED) is 0.562. The van der Waals surface area contributed by atoms with Crippen LogP contribution in [0.3, 0.4) is 0 Å². The molecule has 2 aliphatic rings. The normalized spacial score (nSPS) is 19.0. The Labute approximate surface area is 193 Å². The molecule has 1 fully saturated rings. The van der Waals surface area contributed by atoms with Crippen LogP contribution < -0.4 is 15.1 Å². The Bertz CT molecular complexity index is 1370. The fourth-order valence-electron chi connectivity index (χ4n) is 4.13. The van der Waals surface area contributed by atoms with Crippen molar-refractivity contribution in [3.05, 3.63) is 70.9 Å². The van der Waals surface area contributed by atoms with E-state index in [-0.39, 0.29) is 17.1 Å². The lowest BCUT2D eigenvalue weighted by molar-refractivity contribution is -0.0262. The predicted molar refractivity (Wildman–Crippen MR) is 122 cm³/mol. The van der Waals surface area contributed by atoms with E-state index in [1.54, 1.807) is 23.0 Å². The van der Waals surface area contributed by atoms with Gasteiger partial charge in [0.25, 0.3) is 11.4 Å². The zero-order valence-electron chi connectivity index (χ0n) is 18.6. The number of benzene rings is 1. The van der Waals surface area contributed by atoms with Gasteiger partial charge in [-0.05, 0) is 42.7 Å². The van der Waals surface area contributed by atoms with Crippen molar-refractivity contribution in [3.63, 3.8) is 0 Å². The molecule has 176 valence electrons. The first-order valence-electron chi connectivity index (χ1n) is 10.8. The molecular weight excluding hydrogens is 447 g/mol. The van der Waals surface area contributed by atoms with Crippen LogP contribution in [0.2, 0.25) is 0 Å². The van der Waals surface area contributed by atoms with Crippen molar-refractivity contribution in [2.24, 2.45) is 5.92 Å². The van der Waals surface area contributed by atoms with Gasteiger partial charge < -0.3 is 9.64 Å². The summed E-state index contributed by atoms with van der Waals surface area (Å²) in [5, 5.41) is 8.75. The van der Waals surface area contributed by atoms with E-state index in [1.165, 1.54) is 35.0 Å². The van der Waals surface area contributed by atoms with Gasteiger partial charge >= 0.3 is 0 Å². The second-order valence-corrected chi connectivity index (χ2v) is 8.50. The van der Waals surface area contributed by atoms with Crippen molar-refractivity contribution in [3.8, 4) is 22.8 Å². The second-order valence-electron chi connectivity index (χ2n) is 8.50. The van der Waals surface area contributed by atoms with Crippen molar-refractivity contribution < 1.29 is 17.9 Å². The Balaban J connectivity index is 1.57. The van der Waals surface area contributed by atoms with Crippen LogP contribution >= 0.6 is 0 Å². The Morgan fingerprint density at radius 1 is 1.21 bits per heavy atom. The lowest BCUT2D eigenvalue weighted by atomic mass is 10.0. The molecule has 34 heavy (non-hydrogen) atoms. The third-order valence-electron chi connectivity index (χ3n) is 5.88. The number of methoxy groups -OCH3 is 1. The van der Waals surface area contributed by atoms with Crippen LogP contribution in [0.25, 0.3) is 22.8 Å². The van der Waals surface area contributed by atoms with Gasteiger partial charge in [0, 0.05) is 5.69 Å². The number of anilines is 1. The van der Waals surface area contributed by atoms with Crippen LogP contribution in [0.15, 0.2) is 59.7 Å². The van der Waals surface area contributed by atoms with Crippen LogP contribution in [0.1, 0.15) is 13.3 Å². The molecule has 1 aliphatic carbocycles. The molecule has 0 radical (unpaired) electrons. The van der Waals surface area contributed by atoms with Gasteiger partial charge in [-0.1, -0.05) is 19.1 Å². The van der Waals surface area contributed by atoms with Gasteiger partial charge in [0.15, 0.2) is 17.3 Å². The van der Waals surface area contributed by atoms with Gasteiger partial charge in [0.2, 0.25) is 0 Å². The third kappa shape index (κ3) is 3.89. The lowest BCUT2D eigenvalue weighted by Crippen LogP contribution is -2.56. The monoisotopic (exact) mass is 469 g/mol. The number of alkyl halides is 2. The average molecular weight is 469 g/mol. The summed E-state index contributed by atoms with van der Waals surface area (Å²) in [7, 11) is 1.35. The second kappa shape index (κ2) is 8.19. The first kappa shape index (κ1) is 22.0. The standard InChI is InChI=1S/C24H22F3N5O2/c1-15-4-3-5-17(10-15)32-20(8-9-28-32)22-23(33)21(34-2)12-31(29-22)19-7-6-16(11-18(19)25)30-13-24(26,27)14-30/h3,5-12,15H,4,13-14H2,1-2H3. The SMILES string of the molecule is COc1cn(-c2ccc(N3CC(F)(F)C3)cc2F)nc(-c2ccnn2C2=CC(C)CC=C2)c1=O. The number of rotatable bonds is 5. The number of ether oxygens (including phenoxy) is 1. The van der Waals surface area contributed by atoms with Gasteiger partial charge in [-0.3, -0.25) is 4.79 Å². The molecule has 1 aliphatic heterocycles. The van der Waals surface area contributed by atoms with Crippen LogP contribution in [0.5, 0.6) is 5.75 Å². The Morgan fingerprint density at radius 3 is 2.68 bits per heavy atom. The summed E-state index contributed by atoms with van der Waals surface area (Å²) in [5.74, 6) is -3.14. The molecule has 0 saturated carbocycles. The highest BCUT2D eigenvalue weighted by Gasteiger charge is 2.44. The van der Waals surface area contributed by atoms with Crippen LogP contribution in [-0.2, 0) is 0 Å². The van der Waals surface area contributed by atoms with E-state index in [9.17, 15) is 13.6 Å². The number of aromatic nitrogens is 4. The first-order chi connectivity index (χ1) is 16.3. The molecule has 1 atom stereocenters. The summed E-state index contributed by atoms with van der Waals surface area (Å²) in [6.07, 6.45) is 9.78. The molecule has 1 unspecified atom stereocenters. The Kier molecular flexibility index (Phi) is 5.30. The molecule has 1 saturated heterocycles. The van der Waals surface area contributed by atoms with E-state index in [1.807, 2.05) is 18.2 Å². The Morgan fingerprint density at radius 2 is 2.00 bits per heavy atom. The Hall–Kier alpha value is -3.82. The minimum absolute atomic E-state index is 0.0230. The van der Waals surface area contributed by atoms with Gasteiger partial charge in [-0.15, -0.1) is 0 Å². The van der Waals surface area contributed by atoms with Crippen LogP contribution in [0.4, 0.5) is 18.9 Å². The van der Waals surface area contributed by atoms with Crippen molar-refractivity contribution >= 4 is 11.4 Å². The van der Waals surface area contributed by atoms with E-state index < -0.39 is 30.3 Å². The van der Waals surface area contributed by atoms with Crippen LogP contribution in [0, 0.1) is 11.7 Å². The molecule has 0 bridgehead atoms. The minimum atomic E-state index is -2.76. The van der Waals surface area contributed by atoms with Crippen molar-refractivity contribution in [1.29, 1.82) is 0 Å². The highest BCUT2D eigenvalue weighted by Crippen LogP contribution is 2.33. The third-order valence-corrected chi connectivity index (χ3v) is 5.88. The maximum absolute atomic E-state index is 15.0.